The number of phenolic OH excluding ortho intramolecular Hbond substituents is 2. The second kappa shape index (κ2) is 20.5. The first-order valence-corrected chi connectivity index (χ1v) is 10.0. The first-order valence-electron chi connectivity index (χ1n) is 7.54. The Kier molecular flexibility index (Phi) is 25.3. The minimum atomic E-state index is -4.17. The van der Waals surface area contributed by atoms with E-state index < -0.39 is 21.5 Å². The van der Waals surface area contributed by atoms with Gasteiger partial charge in [-0.1, -0.05) is 24.3 Å². The van der Waals surface area contributed by atoms with Gasteiger partial charge in [0.15, 0.2) is 0 Å². The van der Waals surface area contributed by atoms with E-state index in [2.05, 4.69) is 0 Å². The molecule has 0 fully saturated rings. The summed E-state index contributed by atoms with van der Waals surface area (Å²) in [6, 6.07) is 15.9. The summed E-state index contributed by atoms with van der Waals surface area (Å²) in [5.74, 6) is 0.451. The third-order valence-electron chi connectivity index (χ3n) is 3.09. The van der Waals surface area contributed by atoms with Gasteiger partial charge in [0, 0.05) is 88.7 Å². The number of aromatic hydroxyl groups is 2. The van der Waals surface area contributed by atoms with Crippen molar-refractivity contribution in [3.8, 4) is 11.5 Å². The van der Waals surface area contributed by atoms with Gasteiger partial charge in [0.1, 0.15) is 18.3 Å². The van der Waals surface area contributed by atoms with Gasteiger partial charge in [-0.25, -0.2) is 0 Å². The topological polar surface area (TPSA) is 169 Å². The molecule has 5 N–H and O–H groups in total. The van der Waals surface area contributed by atoms with E-state index in [0.717, 1.165) is 5.56 Å². The molecule has 32 heavy (non-hydrogen) atoms. The fraction of sp³-hybridized carbons (Fsp3) is 0.0556. The molecule has 0 heterocycles. The number of aryl methyl sites for hydroxylation is 1. The van der Waals surface area contributed by atoms with E-state index in [1.165, 1.54) is 30.3 Å². The molecule has 0 aliphatic heterocycles. The Morgan fingerprint density at radius 3 is 1.62 bits per heavy atom. The van der Waals surface area contributed by atoms with Gasteiger partial charge in [0.2, 0.25) is 0 Å². The third kappa shape index (κ3) is 17.6. The number of phenols is 2. The van der Waals surface area contributed by atoms with E-state index in [-0.39, 0.29) is 99.3 Å². The van der Waals surface area contributed by atoms with Gasteiger partial charge < -0.3 is 15.0 Å². The average Bonchev–Trinajstić information content (AvgIpc) is 2.62. The molecule has 0 aromatic heterocycles. The van der Waals surface area contributed by atoms with E-state index in [1.54, 1.807) is 18.2 Å². The zero-order valence-electron chi connectivity index (χ0n) is 18.2. The molecule has 3 rings (SSSR count). The molecule has 0 amide bonds. The van der Waals surface area contributed by atoms with Gasteiger partial charge in [0.05, 0.1) is 4.90 Å². The Hall–Kier alpha value is 0.170. The maximum atomic E-state index is 10.8. The van der Waals surface area contributed by atoms with Crippen LogP contribution in [0.25, 0.3) is 10.8 Å². The molecule has 0 atom stereocenters. The zero-order valence-corrected chi connectivity index (χ0v) is 25.8. The van der Waals surface area contributed by atoms with Gasteiger partial charge in [-0.05, 0) is 59.7 Å². The number of carbonyl (C=O) groups excluding carboxylic acids is 1. The minimum absolute atomic E-state index is 0. The van der Waals surface area contributed by atoms with Gasteiger partial charge in [-0.15, -0.1) is 0 Å². The standard InChI is InChI=1S/C10H8O4S.C7H8O.CH2O.3Na.H2O3S/c11-9-3-1-8-6-10(15(12,13)14)4-2-7(8)5-9;1-6-3-2-4-7(8)5-6;1-2;;;;1-4(2)3/h1-6,11H,(H,12,13,14);2-5,8H,1H3;1H2;;;;(H2,1,2,3). The fourth-order valence-electron chi connectivity index (χ4n) is 2.00. The van der Waals surface area contributed by atoms with Crippen molar-refractivity contribution in [3.05, 3.63) is 66.2 Å². The first-order chi connectivity index (χ1) is 13.5. The minimum Gasteiger partial charge on any atom is -0.508 e. The van der Waals surface area contributed by atoms with Gasteiger partial charge in [0.25, 0.3) is 21.5 Å². The van der Waals surface area contributed by atoms with Crippen LogP contribution in [0.4, 0.5) is 0 Å². The molecule has 0 aliphatic rings. The van der Waals surface area contributed by atoms with E-state index in [9.17, 15) is 13.5 Å². The largest absolute Gasteiger partial charge is 0.508 e. The van der Waals surface area contributed by atoms with Crippen molar-refractivity contribution in [2.45, 2.75) is 11.8 Å². The second-order valence-corrected chi connectivity index (χ2v) is 7.12. The molecule has 0 unspecified atom stereocenters. The Balaban J connectivity index is -0.000000198. The zero-order chi connectivity index (χ0) is 22.6. The van der Waals surface area contributed by atoms with Crippen LogP contribution < -0.4 is 0 Å². The van der Waals surface area contributed by atoms with Crippen LogP contribution in [0.5, 0.6) is 11.5 Å². The van der Waals surface area contributed by atoms with Gasteiger partial charge >= 0.3 is 0 Å². The Morgan fingerprint density at radius 1 is 0.781 bits per heavy atom. The molecule has 0 spiro atoms. The van der Waals surface area contributed by atoms with Crippen molar-refractivity contribution in [3.63, 3.8) is 0 Å². The normalized spacial score (nSPS) is 9.03. The number of hydrogen-bond donors (Lipinski definition) is 5. The number of hydrogen-bond acceptors (Lipinski definition) is 6. The monoisotopic (exact) mass is 513 g/mol. The average molecular weight is 513 g/mol. The molecule has 3 aromatic carbocycles. The van der Waals surface area contributed by atoms with Crippen LogP contribution in [0.3, 0.4) is 0 Å². The molecule has 0 saturated carbocycles. The molecule has 161 valence electrons. The predicted molar refractivity (Wildman–Crippen MR) is 126 cm³/mol. The van der Waals surface area contributed by atoms with Crippen LogP contribution >= 0.6 is 0 Å². The van der Waals surface area contributed by atoms with E-state index in [4.69, 9.17) is 27.8 Å². The maximum Gasteiger partial charge on any atom is 0.299 e. The summed E-state index contributed by atoms with van der Waals surface area (Å²) < 4.78 is 53.4. The number of fused-ring (bicyclic) bond motifs is 1. The summed E-state index contributed by atoms with van der Waals surface area (Å²) >= 11 is -2.61. The first kappa shape index (κ1) is 39.4. The quantitative estimate of drug-likeness (QED) is 0.185. The number of rotatable bonds is 1. The number of benzene rings is 3. The van der Waals surface area contributed by atoms with Crippen molar-refractivity contribution >= 4 is 128 Å². The molecular formula is C18H20Na3O9S2. The van der Waals surface area contributed by atoms with Crippen LogP contribution in [0.15, 0.2) is 65.6 Å². The molecule has 9 nitrogen and oxygen atoms in total. The summed E-state index contributed by atoms with van der Waals surface area (Å²) in [6.07, 6.45) is 0. The molecule has 0 saturated heterocycles. The van der Waals surface area contributed by atoms with Crippen molar-refractivity contribution in [1.82, 2.24) is 0 Å². The molecule has 0 bridgehead atoms. The van der Waals surface area contributed by atoms with Crippen molar-refractivity contribution < 1.29 is 41.3 Å². The van der Waals surface area contributed by atoms with Crippen LogP contribution in [0.2, 0.25) is 0 Å². The van der Waals surface area contributed by atoms with Crippen molar-refractivity contribution in [2.24, 2.45) is 0 Å². The molecule has 3 aromatic rings. The van der Waals surface area contributed by atoms with Gasteiger partial charge in [-0.2, -0.15) is 12.6 Å². The van der Waals surface area contributed by atoms with E-state index in [0.29, 0.717) is 16.5 Å². The van der Waals surface area contributed by atoms with Crippen molar-refractivity contribution in [1.29, 1.82) is 0 Å². The SMILES string of the molecule is C=O.Cc1cccc(O)c1.O=S(=O)(O)c1ccc2cc(O)ccc2c1.O=S(O)O.[Na].[Na].[Na]. The summed E-state index contributed by atoms with van der Waals surface area (Å²) in [6.45, 7) is 3.94. The van der Waals surface area contributed by atoms with Crippen LogP contribution in [0.1, 0.15) is 5.56 Å². The van der Waals surface area contributed by atoms with Crippen molar-refractivity contribution in [2.75, 3.05) is 0 Å². The van der Waals surface area contributed by atoms with Crippen LogP contribution in [-0.2, 0) is 26.3 Å². The maximum absolute atomic E-state index is 10.8. The van der Waals surface area contributed by atoms with Crippen LogP contribution in [-0.4, -0.2) is 132 Å². The molecular weight excluding hydrogens is 493 g/mol. The third-order valence-corrected chi connectivity index (χ3v) is 3.94. The summed E-state index contributed by atoms with van der Waals surface area (Å²) in [5, 5.41) is 19.4. The molecule has 14 heteroatoms. The van der Waals surface area contributed by atoms with Gasteiger partial charge in [-0.3, -0.25) is 13.7 Å². The Bertz CT molecular complexity index is 1040. The Labute approximate surface area is 255 Å². The summed E-state index contributed by atoms with van der Waals surface area (Å²) in [5.41, 5.74) is 1.09. The van der Waals surface area contributed by atoms with Crippen LogP contribution in [0, 0.1) is 6.92 Å². The predicted octanol–water partition coefficient (Wildman–Crippen LogP) is 1.85. The molecule has 3 radical (unpaired) electrons. The Morgan fingerprint density at radius 2 is 1.22 bits per heavy atom. The fourth-order valence-corrected chi connectivity index (χ4v) is 2.52. The smallest absolute Gasteiger partial charge is 0.299 e. The second-order valence-electron chi connectivity index (χ2n) is 5.24. The summed E-state index contributed by atoms with van der Waals surface area (Å²) in [4.78, 5) is 7.85. The molecule has 0 aliphatic carbocycles. The summed E-state index contributed by atoms with van der Waals surface area (Å²) in [7, 11) is -4.17. The van der Waals surface area contributed by atoms with E-state index >= 15 is 0 Å². The number of carbonyl (C=O) groups is 1. The van der Waals surface area contributed by atoms with E-state index in [1.807, 2.05) is 25.8 Å².